The summed E-state index contributed by atoms with van der Waals surface area (Å²) in [6.07, 6.45) is -23.9. The van der Waals surface area contributed by atoms with Crippen LogP contribution >= 0.6 is 0 Å². The van der Waals surface area contributed by atoms with Gasteiger partial charge in [-0.05, 0) is 26.2 Å². The quantitative estimate of drug-likeness (QED) is 0.0227. The van der Waals surface area contributed by atoms with E-state index < -0.39 is 248 Å². The molecule has 0 aromatic rings. The maximum atomic E-state index is 13.5. The van der Waals surface area contributed by atoms with E-state index in [1.165, 1.54) is 103 Å². The zero-order valence-electron chi connectivity index (χ0n) is 64.0. The first kappa shape index (κ1) is 94.8. The second kappa shape index (κ2) is 49.8. The predicted octanol–water partition coefficient (Wildman–Crippen LogP) is -2.18. The molecule has 0 aromatic carbocycles. The summed E-state index contributed by atoms with van der Waals surface area (Å²) >= 11 is 0. The summed E-state index contributed by atoms with van der Waals surface area (Å²) in [6, 6.07) is -4.68. The van der Waals surface area contributed by atoms with Gasteiger partial charge in [0, 0.05) is 20.3 Å². The van der Waals surface area contributed by atoms with Crippen LogP contribution in [0, 0.1) is 0 Å². The van der Waals surface area contributed by atoms with Gasteiger partial charge in [-0.1, -0.05) is 167 Å². The Morgan fingerprint density at radius 1 is 0.376 bits per heavy atom. The Balaban J connectivity index is 1.18. The van der Waals surface area contributed by atoms with Gasteiger partial charge < -0.3 is 160 Å². The molecule has 0 aliphatic carbocycles. The second-order valence-corrected chi connectivity index (χ2v) is 29.9. The van der Waals surface area contributed by atoms with Crippen LogP contribution in [0.2, 0.25) is 0 Å². The molecule has 12 unspecified atom stereocenters. The van der Waals surface area contributed by atoms with Crippen molar-refractivity contribution < 1.29 is 158 Å². The van der Waals surface area contributed by atoms with Crippen LogP contribution in [0.1, 0.15) is 202 Å². The lowest BCUT2D eigenvalue weighted by atomic mass is 9.93. The fourth-order valence-electron chi connectivity index (χ4n) is 14.7. The number of rotatable bonds is 49. The van der Waals surface area contributed by atoms with Gasteiger partial charge in [0.2, 0.25) is 17.7 Å². The number of hydrogen-bond acceptors (Lipinski definition) is 32. The minimum Gasteiger partial charge on any atom is -0.394 e. The highest BCUT2D eigenvalue weighted by molar-refractivity contribution is 5.76. The van der Waals surface area contributed by atoms with E-state index >= 15 is 0 Å². The third-order valence-electron chi connectivity index (χ3n) is 21.2. The van der Waals surface area contributed by atoms with E-state index in [9.17, 15) is 101 Å². The fourth-order valence-corrected chi connectivity index (χ4v) is 14.7. The molecule has 6 fully saturated rings. The first-order valence-corrected chi connectivity index (χ1v) is 39.8. The largest absolute Gasteiger partial charge is 0.394 e. The number of carbonyl (C=O) groups is 3. The summed E-state index contributed by atoms with van der Waals surface area (Å²) in [7, 11) is 0. The third-order valence-corrected chi connectivity index (χ3v) is 21.2. The summed E-state index contributed by atoms with van der Waals surface area (Å²) in [5.74, 6) is -2.06. The molecule has 6 aliphatic heterocycles. The minimum absolute atomic E-state index is 0.168. The van der Waals surface area contributed by atoms with Crippen molar-refractivity contribution in [3.8, 4) is 0 Å². The zero-order chi connectivity index (χ0) is 79.9. The van der Waals surface area contributed by atoms with Crippen molar-refractivity contribution in [2.24, 2.45) is 0 Å². The fraction of sp³-hybridized carbons (Fsp3) is 0.932. The van der Waals surface area contributed by atoms with Crippen LogP contribution in [0.4, 0.5) is 0 Å². The molecule has 0 bridgehead atoms. The third kappa shape index (κ3) is 28.4. The molecule has 35 heteroatoms. The Labute approximate surface area is 639 Å². The number of carbonyl (C=O) groups excluding carboxylic acids is 3. The Kier molecular flexibility index (Phi) is 43.3. The molecule has 0 radical (unpaired) electrons. The Hall–Kier alpha value is -3.01. The molecule has 35 nitrogen and oxygen atoms in total. The van der Waals surface area contributed by atoms with Crippen molar-refractivity contribution in [2.75, 3.05) is 39.6 Å². The molecule has 0 aromatic heterocycles. The number of hydrogen-bond donors (Lipinski definition) is 20. The summed E-state index contributed by atoms with van der Waals surface area (Å²) in [5, 5.41) is 199. The van der Waals surface area contributed by atoms with Crippen molar-refractivity contribution in [1.82, 2.24) is 16.0 Å². The van der Waals surface area contributed by atoms with Crippen LogP contribution in [0.3, 0.4) is 0 Å². The number of unbranched alkanes of at least 4 members (excludes halogenated alkanes) is 23. The zero-order valence-corrected chi connectivity index (χ0v) is 64.0. The molecule has 6 rings (SSSR count). The van der Waals surface area contributed by atoms with Gasteiger partial charge in [0.15, 0.2) is 37.7 Å². The molecule has 32 atom stereocenters. The van der Waals surface area contributed by atoms with Crippen molar-refractivity contribution in [3.63, 3.8) is 0 Å². The molecule has 636 valence electrons. The summed E-state index contributed by atoms with van der Waals surface area (Å²) in [6.45, 7) is 2.19. The Bertz CT molecular complexity index is 2540. The standard InChI is InChI=1S/C74H133N3O32/c1-6-8-10-12-14-16-18-20-22-24-26-28-30-32-44(85)43(77-50(86)33-31-29-27-25-23-21-19-17-15-13-11-9-7-2)39-98-71-62(96)60(94)64(49(38-82)104-71)105-73-63(97)66(56(90)47(36-80)102-73)107-70-52(76-42(5)84)65(55(89)46(35-79)101-70)106-74-68(109-72-61(95)59(93)53(87)40(3)99-72)67(57(91)48(37-81)103-74)108-69-51(75-41(4)83)58(92)54(88)45(34-78)100-69/h30,32,40,43-49,51-74,78-82,85,87-97H,6-29,31,33-39H2,1-5H3,(H,75,83)(H,76,84)(H,77,86)/b32-30+/t40?,43-,44+,45?,46?,47?,48?,49?,51?,52?,53+,54-,55+,56-,57-,58+,59?,60+,61-,62?,63?,64+,65+,66-,67-,68?,69+,70-,71+,72+,73-,74-/m0/s1. The molecule has 6 aliphatic rings. The first-order chi connectivity index (χ1) is 52.3. The average molecular weight is 1580 g/mol. The highest BCUT2D eigenvalue weighted by atomic mass is 16.8. The number of aliphatic hydroxyl groups is 17. The topological polar surface area (TPSA) is 542 Å². The van der Waals surface area contributed by atoms with Gasteiger partial charge in [-0.2, -0.15) is 0 Å². The number of allylic oxidation sites excluding steroid dienone is 1. The monoisotopic (exact) mass is 1580 g/mol. The van der Waals surface area contributed by atoms with E-state index in [1.807, 2.05) is 6.08 Å². The van der Waals surface area contributed by atoms with Gasteiger partial charge in [0.05, 0.1) is 57.9 Å². The van der Waals surface area contributed by atoms with Crippen LogP contribution in [0.5, 0.6) is 0 Å². The van der Waals surface area contributed by atoms with E-state index in [4.69, 9.17) is 56.8 Å². The first-order valence-electron chi connectivity index (χ1n) is 39.8. The number of aliphatic hydroxyl groups excluding tert-OH is 17. The maximum Gasteiger partial charge on any atom is 0.220 e. The van der Waals surface area contributed by atoms with E-state index in [2.05, 4.69) is 29.8 Å². The molecule has 109 heavy (non-hydrogen) atoms. The molecule has 3 amide bonds. The minimum atomic E-state index is -2.25. The lowest BCUT2D eigenvalue weighted by molar-refractivity contribution is -0.401. The van der Waals surface area contributed by atoms with Crippen LogP contribution in [0.25, 0.3) is 0 Å². The molecule has 6 heterocycles. The van der Waals surface area contributed by atoms with Crippen LogP contribution in [-0.4, -0.2) is 340 Å². The Morgan fingerprint density at radius 2 is 0.771 bits per heavy atom. The molecule has 20 N–H and O–H groups in total. The van der Waals surface area contributed by atoms with Crippen molar-refractivity contribution >= 4 is 17.7 Å². The molecule has 6 saturated heterocycles. The van der Waals surface area contributed by atoms with Gasteiger partial charge in [0.25, 0.3) is 0 Å². The normalized spacial score (nSPS) is 37.9. The Morgan fingerprint density at radius 3 is 1.29 bits per heavy atom. The highest BCUT2D eigenvalue weighted by Crippen LogP contribution is 2.39. The van der Waals surface area contributed by atoms with Gasteiger partial charge in [0.1, 0.15) is 140 Å². The van der Waals surface area contributed by atoms with Crippen LogP contribution in [0.15, 0.2) is 12.2 Å². The van der Waals surface area contributed by atoms with Gasteiger partial charge in [-0.25, -0.2) is 0 Å². The molecule has 0 spiro atoms. The van der Waals surface area contributed by atoms with Crippen molar-refractivity contribution in [2.45, 2.75) is 398 Å². The predicted molar refractivity (Wildman–Crippen MR) is 383 cm³/mol. The van der Waals surface area contributed by atoms with Gasteiger partial charge in [-0.3, -0.25) is 14.4 Å². The average Bonchev–Trinajstić information content (AvgIpc) is 0.760. The smallest absolute Gasteiger partial charge is 0.220 e. The summed E-state index contributed by atoms with van der Waals surface area (Å²) < 4.78 is 72.5. The number of ether oxygens (including phenoxy) is 12. The summed E-state index contributed by atoms with van der Waals surface area (Å²) in [5.41, 5.74) is 0. The SMILES string of the molecule is CCCCCCCCCCCCC/C=C/[C@@H](O)[C@H](CO[C@@H]1OC(CO)[C@@H](O[C@@H]2OC(CO)[C@H](O)[C@H](O[C@@H]3OC(CO)[C@@H](O)[C@H](O[C@@H]4OC(CO)[C@H](O)[C@H](O[C@H]5OC(CO)[C@H](O)[C@H](O)C5NC(C)=O)C4O[C@H]4OC(C)[C@@H](O)C(O)[C@@H]4O)C3NC(C)=O)C2O)[C@H](O)C1O)NC(=O)CCCCCCCCCCCCCCC. The lowest BCUT2D eigenvalue weighted by Crippen LogP contribution is -2.71. The molecular formula is C74H133N3O32. The van der Waals surface area contributed by atoms with Gasteiger partial charge in [-0.15, -0.1) is 0 Å². The number of amides is 3. The van der Waals surface area contributed by atoms with Crippen LogP contribution in [-0.2, 0) is 71.2 Å². The molecular weight excluding hydrogens is 1440 g/mol. The van der Waals surface area contributed by atoms with Gasteiger partial charge >= 0.3 is 0 Å². The highest BCUT2D eigenvalue weighted by Gasteiger charge is 2.59. The lowest BCUT2D eigenvalue weighted by Gasteiger charge is -2.52. The van der Waals surface area contributed by atoms with Crippen molar-refractivity contribution in [3.05, 3.63) is 12.2 Å². The van der Waals surface area contributed by atoms with E-state index in [0.29, 0.717) is 12.8 Å². The van der Waals surface area contributed by atoms with E-state index in [1.54, 1.807) is 6.08 Å². The van der Waals surface area contributed by atoms with E-state index in [-0.39, 0.29) is 12.3 Å². The second-order valence-electron chi connectivity index (χ2n) is 29.9. The number of nitrogens with one attached hydrogen (secondary N) is 3. The molecule has 0 saturated carbocycles. The van der Waals surface area contributed by atoms with Crippen molar-refractivity contribution in [1.29, 1.82) is 0 Å². The maximum absolute atomic E-state index is 13.5. The van der Waals surface area contributed by atoms with E-state index in [0.717, 1.165) is 65.2 Å². The summed E-state index contributed by atoms with van der Waals surface area (Å²) in [4.78, 5) is 39.4. The van der Waals surface area contributed by atoms with Crippen LogP contribution < -0.4 is 16.0 Å².